The van der Waals surface area contributed by atoms with Crippen LogP contribution in [0, 0.1) is 23.0 Å². The molecule has 3 atom stereocenters. The summed E-state index contributed by atoms with van der Waals surface area (Å²) in [6.45, 7) is 1.74. The van der Waals surface area contributed by atoms with Crippen LogP contribution in [0.3, 0.4) is 0 Å². The Bertz CT molecular complexity index is 1450. The molecule has 0 unspecified atom stereocenters. The number of carboxylic acids is 1. The summed E-state index contributed by atoms with van der Waals surface area (Å²) in [5, 5.41) is 22.3. The van der Waals surface area contributed by atoms with Gasteiger partial charge in [0.25, 0.3) is 5.69 Å². The Labute approximate surface area is 212 Å². The van der Waals surface area contributed by atoms with Crippen molar-refractivity contribution in [2.75, 3.05) is 11.5 Å². The van der Waals surface area contributed by atoms with Crippen LogP contribution in [-0.2, 0) is 9.53 Å². The number of nitrogens with zero attached hydrogens (tertiary/aromatic N) is 2. The highest BCUT2D eigenvalue weighted by Crippen LogP contribution is 2.51. The van der Waals surface area contributed by atoms with Gasteiger partial charge in [0.2, 0.25) is 0 Å². The normalized spacial score (nSPS) is 21.1. The van der Waals surface area contributed by atoms with Crippen molar-refractivity contribution in [3.8, 4) is 11.1 Å². The molecule has 0 fully saturated rings. The van der Waals surface area contributed by atoms with Crippen LogP contribution in [0.2, 0.25) is 0 Å². The number of rotatable bonds is 4. The number of nitro benzene ring substituents is 1. The predicted octanol–water partition coefficient (Wildman–Crippen LogP) is 5.79. The molecule has 186 valence electrons. The lowest BCUT2D eigenvalue weighted by atomic mass is 9.77. The molecular weight excluding hydrogens is 472 g/mol. The smallest absolute Gasteiger partial charge is 0.415 e. The summed E-state index contributed by atoms with van der Waals surface area (Å²) < 4.78 is 5.81. The second-order valence-corrected chi connectivity index (χ2v) is 9.79. The van der Waals surface area contributed by atoms with E-state index in [1.54, 1.807) is 13.0 Å². The van der Waals surface area contributed by atoms with E-state index in [1.807, 2.05) is 60.7 Å². The van der Waals surface area contributed by atoms with E-state index in [1.165, 1.54) is 6.07 Å². The van der Waals surface area contributed by atoms with Crippen LogP contribution >= 0.6 is 0 Å². The number of anilines is 1. The minimum absolute atomic E-state index is 0.00743. The first kappa shape index (κ1) is 23.0. The monoisotopic (exact) mass is 496 g/mol. The molecule has 8 heteroatoms. The van der Waals surface area contributed by atoms with E-state index < -0.39 is 28.9 Å². The van der Waals surface area contributed by atoms with Gasteiger partial charge in [-0.25, -0.2) is 9.59 Å². The zero-order valence-corrected chi connectivity index (χ0v) is 20.0. The van der Waals surface area contributed by atoms with Gasteiger partial charge in [-0.2, -0.15) is 0 Å². The maximum Gasteiger partial charge on any atom is 0.415 e. The van der Waals surface area contributed by atoms with Crippen molar-refractivity contribution >= 4 is 23.4 Å². The molecule has 6 rings (SSSR count). The Morgan fingerprint density at radius 2 is 1.70 bits per heavy atom. The molecule has 2 aliphatic carbocycles. The van der Waals surface area contributed by atoms with Crippen LogP contribution in [0.4, 0.5) is 16.2 Å². The first-order chi connectivity index (χ1) is 17.9. The van der Waals surface area contributed by atoms with Gasteiger partial charge >= 0.3 is 12.1 Å². The number of hydrogen-bond acceptors (Lipinski definition) is 5. The van der Waals surface area contributed by atoms with E-state index in [2.05, 4.69) is 0 Å². The van der Waals surface area contributed by atoms with Gasteiger partial charge in [0.1, 0.15) is 18.3 Å². The third-order valence-corrected chi connectivity index (χ3v) is 7.74. The molecular formula is C29H24N2O6. The summed E-state index contributed by atoms with van der Waals surface area (Å²) in [6, 6.07) is 17.7. The number of amides is 1. The second kappa shape index (κ2) is 8.58. The molecule has 0 aromatic heterocycles. The molecule has 1 N–H and O–H groups in total. The zero-order valence-electron chi connectivity index (χ0n) is 20.0. The van der Waals surface area contributed by atoms with Gasteiger partial charge in [-0.1, -0.05) is 66.7 Å². The Hall–Kier alpha value is -4.46. The van der Waals surface area contributed by atoms with Gasteiger partial charge in [-0.15, -0.1) is 0 Å². The number of hydrogen-bond donors (Lipinski definition) is 1. The maximum atomic E-state index is 13.7. The van der Waals surface area contributed by atoms with E-state index in [9.17, 15) is 24.8 Å². The summed E-state index contributed by atoms with van der Waals surface area (Å²) in [4.78, 5) is 38.7. The third kappa shape index (κ3) is 3.51. The highest BCUT2D eigenvalue weighted by atomic mass is 16.6. The van der Waals surface area contributed by atoms with Crippen molar-refractivity contribution < 1.29 is 24.4 Å². The number of nitro groups is 1. The standard InChI is InChI=1S/C29H24N2O6/c1-16-13-23-21-11-6-12-22(21)27(28(32)33)30(26(23)25(14-16)31(35)36)29(34)37-15-24-19-9-4-2-7-17(19)18-8-3-5-10-20(18)24/h2-11,13-14,21-22,24,27H,12,15H2,1H3,(H,32,33)/t21-,22+,27-/m0/s1. The summed E-state index contributed by atoms with van der Waals surface area (Å²) in [6.07, 6.45) is 3.32. The number of carbonyl (C=O) groups excluding carboxylic acids is 1. The molecule has 37 heavy (non-hydrogen) atoms. The van der Waals surface area contributed by atoms with E-state index in [0.717, 1.165) is 27.2 Å². The Morgan fingerprint density at radius 1 is 1.05 bits per heavy atom. The number of aliphatic carboxylic acids is 1. The molecule has 8 nitrogen and oxygen atoms in total. The molecule has 1 amide bonds. The van der Waals surface area contributed by atoms with Crippen LogP contribution in [0.5, 0.6) is 0 Å². The minimum Gasteiger partial charge on any atom is -0.480 e. The van der Waals surface area contributed by atoms with Crippen LogP contribution < -0.4 is 4.90 Å². The number of carbonyl (C=O) groups is 2. The molecule has 0 spiro atoms. The minimum atomic E-state index is -1.29. The summed E-state index contributed by atoms with van der Waals surface area (Å²) in [5.41, 5.74) is 5.14. The van der Waals surface area contributed by atoms with Crippen molar-refractivity contribution in [2.24, 2.45) is 5.92 Å². The lowest BCUT2D eigenvalue weighted by Crippen LogP contribution is -2.54. The SMILES string of the molecule is Cc1cc2c(c([N+](=O)[O-])c1)N(C(=O)OCC1c3ccccc3-c3ccccc31)[C@H](C(=O)O)[C@@H]1CC=C[C@H]21. The molecule has 1 aliphatic heterocycles. The Balaban J connectivity index is 1.40. The molecule has 0 saturated heterocycles. The molecule has 3 aromatic carbocycles. The fourth-order valence-electron chi connectivity index (χ4n) is 6.27. The van der Waals surface area contributed by atoms with E-state index in [-0.39, 0.29) is 29.8 Å². The highest BCUT2D eigenvalue weighted by molar-refractivity contribution is 6.00. The van der Waals surface area contributed by atoms with Gasteiger partial charge < -0.3 is 9.84 Å². The van der Waals surface area contributed by atoms with E-state index >= 15 is 0 Å². The topological polar surface area (TPSA) is 110 Å². The Morgan fingerprint density at radius 3 is 2.32 bits per heavy atom. The number of benzene rings is 3. The van der Waals surface area contributed by atoms with Crippen molar-refractivity contribution in [1.29, 1.82) is 0 Å². The molecule has 0 radical (unpaired) electrons. The van der Waals surface area contributed by atoms with Gasteiger partial charge in [0, 0.05) is 23.8 Å². The lowest BCUT2D eigenvalue weighted by molar-refractivity contribution is -0.384. The van der Waals surface area contributed by atoms with Crippen molar-refractivity contribution in [3.63, 3.8) is 0 Å². The average Bonchev–Trinajstić information content (AvgIpc) is 3.49. The molecule has 0 bridgehead atoms. The van der Waals surface area contributed by atoms with E-state index in [0.29, 0.717) is 17.5 Å². The van der Waals surface area contributed by atoms with Crippen LogP contribution in [0.25, 0.3) is 11.1 Å². The van der Waals surface area contributed by atoms with E-state index in [4.69, 9.17) is 4.74 Å². The molecule has 0 saturated carbocycles. The quantitative estimate of drug-likeness (QED) is 0.278. The molecule has 1 heterocycles. The van der Waals surface area contributed by atoms with Crippen molar-refractivity contribution in [1.82, 2.24) is 0 Å². The second-order valence-electron chi connectivity index (χ2n) is 9.79. The number of aryl methyl sites for hydroxylation is 1. The number of fused-ring (bicyclic) bond motifs is 6. The predicted molar refractivity (Wildman–Crippen MR) is 137 cm³/mol. The first-order valence-corrected chi connectivity index (χ1v) is 12.2. The lowest BCUT2D eigenvalue weighted by Gasteiger charge is -2.40. The van der Waals surface area contributed by atoms with Crippen molar-refractivity contribution in [3.05, 3.63) is 105 Å². The third-order valence-electron chi connectivity index (χ3n) is 7.74. The van der Waals surface area contributed by atoms with Crippen LogP contribution in [0.15, 0.2) is 72.8 Å². The summed E-state index contributed by atoms with van der Waals surface area (Å²) in [7, 11) is 0. The Kier molecular flexibility index (Phi) is 5.33. The fourth-order valence-corrected chi connectivity index (χ4v) is 6.27. The largest absolute Gasteiger partial charge is 0.480 e. The van der Waals surface area contributed by atoms with Crippen molar-refractivity contribution in [2.45, 2.75) is 31.2 Å². The summed E-state index contributed by atoms with van der Waals surface area (Å²) >= 11 is 0. The van der Waals surface area contributed by atoms with Gasteiger partial charge in [-0.3, -0.25) is 15.0 Å². The molecule has 3 aromatic rings. The molecule has 3 aliphatic rings. The first-order valence-electron chi connectivity index (χ1n) is 12.2. The fraction of sp³-hybridized carbons (Fsp3) is 0.241. The van der Waals surface area contributed by atoms with Crippen LogP contribution in [-0.4, -0.2) is 34.7 Å². The summed E-state index contributed by atoms with van der Waals surface area (Å²) in [5.74, 6) is -2.20. The van der Waals surface area contributed by atoms with Gasteiger partial charge in [-0.05, 0) is 46.7 Å². The zero-order chi connectivity index (χ0) is 25.8. The van der Waals surface area contributed by atoms with Gasteiger partial charge in [0.05, 0.1) is 4.92 Å². The highest BCUT2D eigenvalue weighted by Gasteiger charge is 2.51. The average molecular weight is 497 g/mol. The van der Waals surface area contributed by atoms with Gasteiger partial charge in [0.15, 0.2) is 0 Å². The number of allylic oxidation sites excluding steroid dienone is 2. The van der Waals surface area contributed by atoms with Crippen LogP contribution in [0.1, 0.15) is 40.5 Å². The number of carboxylic acid groups (broad SMARTS) is 1. The number of ether oxygens (including phenoxy) is 1. The maximum absolute atomic E-state index is 13.7.